The molecule has 1 aromatic heterocycles. The molecular weight excluding hydrogens is 552 g/mol. The van der Waals surface area contributed by atoms with Crippen molar-refractivity contribution in [2.24, 2.45) is 11.3 Å². The molecule has 9 nitrogen and oxygen atoms in total. The van der Waals surface area contributed by atoms with Gasteiger partial charge in [-0.2, -0.15) is 5.10 Å². The molecule has 1 unspecified atom stereocenters. The van der Waals surface area contributed by atoms with Crippen molar-refractivity contribution < 1.29 is 14.3 Å². The zero-order valence-corrected chi connectivity index (χ0v) is 26.3. The Labute approximate surface area is 261 Å². The van der Waals surface area contributed by atoms with Crippen LogP contribution in [0.5, 0.6) is 5.75 Å². The first-order chi connectivity index (χ1) is 21.5. The molecule has 1 atom stereocenters. The SMILES string of the molecule is CC1CCc2c(ccc(-c3cnn(C4CCN(CC(=O)N5CCC6(CC5)CNC6)CC4)c3)c2OC2CCC2)N1C(=O)C1CC1. The van der Waals surface area contributed by atoms with E-state index in [9.17, 15) is 9.59 Å². The van der Waals surface area contributed by atoms with Gasteiger partial charge >= 0.3 is 0 Å². The van der Waals surface area contributed by atoms with Gasteiger partial charge in [0, 0.05) is 74.1 Å². The van der Waals surface area contributed by atoms with E-state index >= 15 is 0 Å². The van der Waals surface area contributed by atoms with Crippen LogP contribution >= 0.6 is 0 Å². The number of hydrogen-bond acceptors (Lipinski definition) is 6. The van der Waals surface area contributed by atoms with Gasteiger partial charge in [-0.25, -0.2) is 0 Å². The first-order valence-electron chi connectivity index (χ1n) is 17.4. The molecular formula is C35H48N6O3. The van der Waals surface area contributed by atoms with Crippen molar-refractivity contribution in [3.8, 4) is 16.9 Å². The van der Waals surface area contributed by atoms with Gasteiger partial charge in [-0.1, -0.05) is 0 Å². The fraction of sp³-hybridized carbons (Fsp3) is 0.686. The summed E-state index contributed by atoms with van der Waals surface area (Å²) < 4.78 is 8.87. The van der Waals surface area contributed by atoms with Crippen LogP contribution in [-0.2, 0) is 16.0 Å². The quantitative estimate of drug-likeness (QED) is 0.507. The number of ether oxygens (including phenoxy) is 1. The number of rotatable bonds is 7. The molecule has 0 radical (unpaired) electrons. The van der Waals surface area contributed by atoms with E-state index in [1.54, 1.807) is 0 Å². The molecule has 9 heteroatoms. The molecule has 5 fully saturated rings. The van der Waals surface area contributed by atoms with Crippen LogP contribution < -0.4 is 15.0 Å². The molecule has 1 spiro atoms. The third kappa shape index (κ3) is 5.34. The van der Waals surface area contributed by atoms with Crippen molar-refractivity contribution in [2.45, 2.75) is 95.7 Å². The summed E-state index contributed by atoms with van der Waals surface area (Å²) in [6.45, 7) is 8.64. The minimum absolute atomic E-state index is 0.198. The lowest BCUT2D eigenvalue weighted by Gasteiger charge is -2.48. The lowest BCUT2D eigenvalue weighted by atomic mass is 9.73. The number of hydrogen-bond donors (Lipinski definition) is 1. The third-order valence-electron chi connectivity index (χ3n) is 11.6. The van der Waals surface area contributed by atoms with Crippen molar-refractivity contribution in [1.82, 2.24) is 24.9 Å². The maximum Gasteiger partial charge on any atom is 0.236 e. The van der Waals surface area contributed by atoms with Crippen LogP contribution in [0.25, 0.3) is 11.1 Å². The lowest BCUT2D eigenvalue weighted by molar-refractivity contribution is -0.135. The number of aromatic nitrogens is 2. The van der Waals surface area contributed by atoms with E-state index in [-0.39, 0.29) is 24.0 Å². The summed E-state index contributed by atoms with van der Waals surface area (Å²) in [4.78, 5) is 32.9. The summed E-state index contributed by atoms with van der Waals surface area (Å²) in [7, 11) is 0. The number of amides is 2. The highest BCUT2D eigenvalue weighted by atomic mass is 16.5. The summed E-state index contributed by atoms with van der Waals surface area (Å²) in [6, 6.07) is 4.88. The lowest BCUT2D eigenvalue weighted by Crippen LogP contribution is -2.59. The summed E-state index contributed by atoms with van der Waals surface area (Å²) in [6.07, 6.45) is 16.1. The van der Waals surface area contributed by atoms with Gasteiger partial charge in [-0.05, 0) is 95.1 Å². The Morgan fingerprint density at radius 1 is 1.00 bits per heavy atom. The molecule has 2 aromatic rings. The Morgan fingerprint density at radius 3 is 2.43 bits per heavy atom. The fourth-order valence-electron chi connectivity index (χ4n) is 8.06. The molecule has 4 aliphatic heterocycles. The molecule has 0 bridgehead atoms. The van der Waals surface area contributed by atoms with Gasteiger partial charge in [0.15, 0.2) is 0 Å². The maximum atomic E-state index is 13.3. The molecule has 5 heterocycles. The minimum atomic E-state index is 0.198. The molecule has 6 aliphatic rings. The number of anilines is 1. The van der Waals surface area contributed by atoms with Crippen molar-refractivity contribution in [3.63, 3.8) is 0 Å². The van der Waals surface area contributed by atoms with E-state index in [2.05, 4.69) is 50.0 Å². The minimum Gasteiger partial charge on any atom is -0.489 e. The van der Waals surface area contributed by atoms with Gasteiger partial charge in [0.05, 0.1) is 30.6 Å². The second-order valence-electron chi connectivity index (χ2n) is 14.7. The standard InChI is InChI=1S/C35H48N6O3/c1-24-5-8-30-31(41(24)34(43)25-6-7-25)10-9-29(33(30)44-28-3-2-4-28)26-19-37-40(20-26)27-11-15-38(16-12-27)21-32(42)39-17-13-35(14-18-39)22-36-23-35/h9-10,19-20,24-25,27-28,36H,2-8,11-18,21-23H2,1H3. The van der Waals surface area contributed by atoms with Gasteiger partial charge in [0.25, 0.3) is 0 Å². The van der Waals surface area contributed by atoms with E-state index in [0.717, 1.165) is 126 Å². The molecule has 2 amide bonds. The number of piperidine rings is 2. The zero-order chi connectivity index (χ0) is 29.8. The highest BCUT2D eigenvalue weighted by molar-refractivity contribution is 5.99. The maximum absolute atomic E-state index is 13.3. The van der Waals surface area contributed by atoms with E-state index in [0.29, 0.717) is 23.9 Å². The number of benzene rings is 1. The summed E-state index contributed by atoms with van der Waals surface area (Å²) in [5.41, 5.74) is 4.90. The van der Waals surface area contributed by atoms with Crippen LogP contribution in [0.4, 0.5) is 5.69 Å². The van der Waals surface area contributed by atoms with E-state index in [1.165, 1.54) is 12.0 Å². The zero-order valence-electron chi connectivity index (χ0n) is 26.3. The number of carbonyl (C=O) groups excluding carboxylic acids is 2. The molecule has 2 saturated carbocycles. The monoisotopic (exact) mass is 600 g/mol. The smallest absolute Gasteiger partial charge is 0.236 e. The van der Waals surface area contributed by atoms with Gasteiger partial charge in [0.1, 0.15) is 5.75 Å². The van der Waals surface area contributed by atoms with Gasteiger partial charge in [-0.3, -0.25) is 19.2 Å². The Balaban J connectivity index is 0.947. The first-order valence-corrected chi connectivity index (χ1v) is 17.4. The van der Waals surface area contributed by atoms with Crippen molar-refractivity contribution in [3.05, 3.63) is 30.1 Å². The molecule has 44 heavy (non-hydrogen) atoms. The van der Waals surface area contributed by atoms with Gasteiger partial charge < -0.3 is 19.9 Å². The third-order valence-corrected chi connectivity index (χ3v) is 11.6. The molecule has 2 aliphatic carbocycles. The van der Waals surface area contributed by atoms with Crippen LogP contribution in [0.3, 0.4) is 0 Å². The molecule has 3 saturated heterocycles. The predicted octanol–water partition coefficient (Wildman–Crippen LogP) is 4.41. The van der Waals surface area contributed by atoms with Gasteiger partial charge in [-0.15, -0.1) is 0 Å². The Morgan fingerprint density at radius 2 is 1.77 bits per heavy atom. The largest absolute Gasteiger partial charge is 0.489 e. The fourth-order valence-corrected chi connectivity index (χ4v) is 8.06. The average Bonchev–Trinajstić information content (AvgIpc) is 3.74. The summed E-state index contributed by atoms with van der Waals surface area (Å²) in [5.74, 6) is 1.75. The van der Waals surface area contributed by atoms with Crippen molar-refractivity contribution >= 4 is 17.5 Å². The first kappa shape index (κ1) is 28.6. The summed E-state index contributed by atoms with van der Waals surface area (Å²) >= 11 is 0. The van der Waals surface area contributed by atoms with Crippen LogP contribution in [-0.4, -0.2) is 89.4 Å². The average molecular weight is 601 g/mol. The van der Waals surface area contributed by atoms with E-state index in [4.69, 9.17) is 9.84 Å². The number of carbonyl (C=O) groups is 2. The number of likely N-dealkylation sites (tertiary alicyclic amines) is 2. The Bertz CT molecular complexity index is 1390. The van der Waals surface area contributed by atoms with Crippen molar-refractivity contribution in [1.29, 1.82) is 0 Å². The molecule has 8 rings (SSSR count). The number of nitrogens with one attached hydrogen (secondary N) is 1. The Hall–Kier alpha value is -2.91. The molecule has 236 valence electrons. The number of fused-ring (bicyclic) bond motifs is 1. The number of nitrogens with zero attached hydrogens (tertiary/aromatic N) is 5. The molecule has 1 N–H and O–H groups in total. The second kappa shape index (κ2) is 11.5. The van der Waals surface area contributed by atoms with E-state index in [1.807, 2.05) is 6.20 Å². The van der Waals surface area contributed by atoms with Crippen LogP contribution in [0, 0.1) is 11.3 Å². The highest BCUT2D eigenvalue weighted by Crippen LogP contribution is 2.46. The van der Waals surface area contributed by atoms with Crippen LogP contribution in [0.15, 0.2) is 24.5 Å². The second-order valence-corrected chi connectivity index (χ2v) is 14.7. The van der Waals surface area contributed by atoms with Crippen LogP contribution in [0.1, 0.15) is 82.7 Å². The van der Waals surface area contributed by atoms with Gasteiger partial charge in [0.2, 0.25) is 11.8 Å². The van der Waals surface area contributed by atoms with Crippen molar-refractivity contribution in [2.75, 3.05) is 50.7 Å². The Kier molecular flexibility index (Phi) is 7.44. The predicted molar refractivity (Wildman–Crippen MR) is 170 cm³/mol. The summed E-state index contributed by atoms with van der Waals surface area (Å²) in [5, 5.41) is 8.26. The molecule has 1 aromatic carbocycles. The normalized spacial score (nSPS) is 25.8. The topological polar surface area (TPSA) is 82.9 Å². The highest BCUT2D eigenvalue weighted by Gasteiger charge is 2.41. The van der Waals surface area contributed by atoms with E-state index < -0.39 is 0 Å². The van der Waals surface area contributed by atoms with Crippen LogP contribution in [0.2, 0.25) is 0 Å².